The second-order valence-corrected chi connectivity index (χ2v) is 3.76. The Labute approximate surface area is 89.6 Å². The maximum atomic E-state index is 12.5. The summed E-state index contributed by atoms with van der Waals surface area (Å²) in [6.07, 6.45) is 0. The van der Waals surface area contributed by atoms with E-state index >= 15 is 0 Å². The van der Waals surface area contributed by atoms with Crippen LogP contribution in [0.15, 0.2) is 24.3 Å². The zero-order valence-corrected chi connectivity index (χ0v) is 8.90. The maximum Gasteiger partial charge on any atom is 0.180 e. The highest BCUT2D eigenvalue weighted by molar-refractivity contribution is 5.56. The first kappa shape index (κ1) is 10.4. The molecule has 1 aromatic carbocycles. The van der Waals surface area contributed by atoms with Gasteiger partial charge in [0.25, 0.3) is 0 Å². The van der Waals surface area contributed by atoms with Gasteiger partial charge >= 0.3 is 0 Å². The summed E-state index contributed by atoms with van der Waals surface area (Å²) in [6.45, 7) is 2.67. The Kier molecular flexibility index (Phi) is 2.90. The topological polar surface area (TPSA) is 44.3 Å². The summed E-state index contributed by atoms with van der Waals surface area (Å²) in [7, 11) is 1.60. The van der Waals surface area contributed by atoms with Gasteiger partial charge < -0.3 is 19.9 Å². The highest BCUT2D eigenvalue weighted by Crippen LogP contribution is 2.32. The van der Waals surface area contributed by atoms with Gasteiger partial charge in [-0.2, -0.15) is 0 Å². The van der Waals surface area contributed by atoms with Gasteiger partial charge in [-0.05, 0) is 6.07 Å². The van der Waals surface area contributed by atoms with E-state index in [1.165, 1.54) is 0 Å². The number of methoxy groups -OCH3 is 1. The minimum Gasteiger partial charge on any atom is -0.627 e. The minimum absolute atomic E-state index is 0.281. The molecular formula is C11H16N2O2. The Balaban J connectivity index is 2.34. The van der Waals surface area contributed by atoms with Gasteiger partial charge in [-0.3, -0.25) is 0 Å². The lowest BCUT2D eigenvalue weighted by Crippen LogP contribution is -2.55. The zero-order chi connectivity index (χ0) is 10.7. The van der Waals surface area contributed by atoms with Crippen molar-refractivity contribution in [3.8, 4) is 5.75 Å². The lowest BCUT2D eigenvalue weighted by molar-refractivity contribution is 0.307. The van der Waals surface area contributed by atoms with E-state index in [2.05, 4.69) is 5.32 Å². The Morgan fingerprint density at radius 1 is 1.27 bits per heavy atom. The lowest BCUT2D eigenvalue weighted by atomic mass is 10.2. The number of quaternary nitrogens is 1. The molecule has 0 atom stereocenters. The van der Waals surface area contributed by atoms with E-state index in [0.717, 1.165) is 18.8 Å². The number of ether oxygens (including phenoxy) is 1. The van der Waals surface area contributed by atoms with Crippen molar-refractivity contribution < 1.29 is 4.74 Å². The second-order valence-electron chi connectivity index (χ2n) is 3.76. The van der Waals surface area contributed by atoms with E-state index in [1.807, 2.05) is 24.3 Å². The van der Waals surface area contributed by atoms with Crippen LogP contribution in [0.5, 0.6) is 5.75 Å². The van der Waals surface area contributed by atoms with E-state index in [4.69, 9.17) is 4.74 Å². The first-order valence-corrected chi connectivity index (χ1v) is 5.19. The first-order valence-electron chi connectivity index (χ1n) is 5.19. The highest BCUT2D eigenvalue weighted by Gasteiger charge is 2.26. The van der Waals surface area contributed by atoms with Crippen LogP contribution in [0, 0.1) is 5.21 Å². The molecule has 1 aliphatic rings. The third kappa shape index (κ3) is 1.97. The number of para-hydroxylation sites is 2. The molecule has 0 aromatic heterocycles. The summed E-state index contributed by atoms with van der Waals surface area (Å²) in [4.78, 5) is 0. The van der Waals surface area contributed by atoms with Crippen LogP contribution in [0.3, 0.4) is 0 Å². The van der Waals surface area contributed by atoms with Crippen molar-refractivity contribution in [2.24, 2.45) is 0 Å². The summed E-state index contributed by atoms with van der Waals surface area (Å²) in [6, 6.07) is 7.47. The fourth-order valence-corrected chi connectivity index (χ4v) is 1.96. The van der Waals surface area contributed by atoms with Crippen LogP contribution in [0.2, 0.25) is 0 Å². The Morgan fingerprint density at radius 2 is 1.93 bits per heavy atom. The number of hydrogen-bond donors (Lipinski definition) is 1. The van der Waals surface area contributed by atoms with E-state index in [-0.39, 0.29) is 4.65 Å². The van der Waals surface area contributed by atoms with Crippen molar-refractivity contribution in [3.63, 3.8) is 0 Å². The van der Waals surface area contributed by atoms with E-state index < -0.39 is 0 Å². The normalized spacial score (nSPS) is 19.9. The fourth-order valence-electron chi connectivity index (χ4n) is 1.96. The summed E-state index contributed by atoms with van der Waals surface area (Å²) < 4.78 is 4.95. The van der Waals surface area contributed by atoms with Crippen LogP contribution in [-0.4, -0.2) is 33.3 Å². The number of rotatable bonds is 2. The Hall–Kier alpha value is -1.10. The highest BCUT2D eigenvalue weighted by atomic mass is 16.6. The zero-order valence-electron chi connectivity index (χ0n) is 8.90. The molecule has 15 heavy (non-hydrogen) atoms. The first-order chi connectivity index (χ1) is 7.26. The van der Waals surface area contributed by atoms with Crippen molar-refractivity contribution in [1.82, 2.24) is 9.96 Å². The molecule has 2 rings (SSSR count). The summed E-state index contributed by atoms with van der Waals surface area (Å²) >= 11 is 0. The lowest BCUT2D eigenvalue weighted by Gasteiger charge is -2.45. The third-order valence-corrected chi connectivity index (χ3v) is 2.82. The van der Waals surface area contributed by atoms with Gasteiger partial charge in [-0.15, -0.1) is 0 Å². The van der Waals surface area contributed by atoms with Crippen molar-refractivity contribution in [1.29, 1.82) is 0 Å². The number of hydrogen-bond acceptors (Lipinski definition) is 3. The molecule has 1 aliphatic heterocycles. The average Bonchev–Trinajstić information content (AvgIpc) is 2.30. The predicted octanol–water partition coefficient (Wildman–Crippen LogP) is 1.10. The van der Waals surface area contributed by atoms with Gasteiger partial charge in [-0.1, -0.05) is 12.1 Å². The summed E-state index contributed by atoms with van der Waals surface area (Å²) in [5.74, 6) is 0.689. The Morgan fingerprint density at radius 3 is 2.60 bits per heavy atom. The van der Waals surface area contributed by atoms with Gasteiger partial charge in [0.1, 0.15) is 0 Å². The van der Waals surface area contributed by atoms with Crippen LogP contribution >= 0.6 is 0 Å². The molecule has 0 aliphatic carbocycles. The van der Waals surface area contributed by atoms with Crippen LogP contribution < -0.4 is 14.7 Å². The van der Waals surface area contributed by atoms with Crippen molar-refractivity contribution in [3.05, 3.63) is 29.5 Å². The van der Waals surface area contributed by atoms with Gasteiger partial charge in [0.05, 0.1) is 20.2 Å². The van der Waals surface area contributed by atoms with Crippen molar-refractivity contribution in [2.45, 2.75) is 0 Å². The third-order valence-electron chi connectivity index (χ3n) is 2.82. The van der Waals surface area contributed by atoms with E-state index in [1.54, 1.807) is 7.11 Å². The van der Waals surface area contributed by atoms with Crippen LogP contribution in [0.1, 0.15) is 0 Å². The molecule has 1 N–H and O–H groups in total. The van der Waals surface area contributed by atoms with Gasteiger partial charge in [-0.25, -0.2) is 0 Å². The molecule has 4 nitrogen and oxygen atoms in total. The van der Waals surface area contributed by atoms with Gasteiger partial charge in [0.15, 0.2) is 11.4 Å². The fraction of sp³-hybridized carbons (Fsp3) is 0.455. The number of nitrogens with zero attached hydrogens (tertiary/aromatic N) is 1. The molecule has 0 saturated carbocycles. The smallest absolute Gasteiger partial charge is 0.180 e. The Bertz CT molecular complexity index is 335. The van der Waals surface area contributed by atoms with Gasteiger partial charge in [0, 0.05) is 19.2 Å². The molecule has 1 fully saturated rings. The number of benzene rings is 1. The molecule has 0 amide bonds. The monoisotopic (exact) mass is 208 g/mol. The molecule has 4 heteroatoms. The molecule has 0 bridgehead atoms. The summed E-state index contributed by atoms with van der Waals surface area (Å²) in [5.41, 5.74) is 0.738. The van der Waals surface area contributed by atoms with Crippen LogP contribution in [-0.2, 0) is 0 Å². The van der Waals surface area contributed by atoms with Gasteiger partial charge in [0.2, 0.25) is 0 Å². The molecule has 1 heterocycles. The van der Waals surface area contributed by atoms with E-state index in [9.17, 15) is 5.21 Å². The van der Waals surface area contributed by atoms with E-state index in [0.29, 0.717) is 18.8 Å². The second kappa shape index (κ2) is 4.18. The van der Waals surface area contributed by atoms with Crippen molar-refractivity contribution in [2.75, 3.05) is 33.3 Å². The molecule has 1 aromatic rings. The molecular weight excluding hydrogens is 192 g/mol. The predicted molar refractivity (Wildman–Crippen MR) is 60.8 cm³/mol. The average molecular weight is 208 g/mol. The van der Waals surface area contributed by atoms with Crippen LogP contribution in [0.25, 0.3) is 0 Å². The standard InChI is InChI=1S/C11H16N2O2/c1-15-11-5-3-2-4-10(11)13(14)8-6-12-7-9-13/h2-5,12H,6-9H2,1H3. The quantitative estimate of drug-likeness (QED) is 0.584. The SMILES string of the molecule is COc1ccccc1[N+]1([O-])CCNCC1. The number of piperazine rings is 1. The molecule has 0 spiro atoms. The minimum atomic E-state index is -0.281. The van der Waals surface area contributed by atoms with Crippen LogP contribution in [0.4, 0.5) is 5.69 Å². The molecule has 1 saturated heterocycles. The number of hydroxylamine groups is 2. The largest absolute Gasteiger partial charge is 0.627 e. The van der Waals surface area contributed by atoms with Crippen molar-refractivity contribution >= 4 is 5.69 Å². The molecule has 0 radical (unpaired) electrons. The molecule has 0 unspecified atom stereocenters. The number of nitrogens with one attached hydrogen (secondary N) is 1. The maximum absolute atomic E-state index is 12.5. The molecule has 82 valence electrons. The summed E-state index contributed by atoms with van der Waals surface area (Å²) in [5, 5.41) is 15.7.